The Bertz CT molecular complexity index is 643. The number of aromatic carboxylic acids is 1. The largest absolute Gasteiger partial charge is 0.481 e. The highest BCUT2D eigenvalue weighted by molar-refractivity contribution is 5.87. The molecule has 5 nitrogen and oxygen atoms in total. The van der Waals surface area contributed by atoms with E-state index in [-0.39, 0.29) is 6.04 Å². The van der Waals surface area contributed by atoms with Crippen LogP contribution in [0.2, 0.25) is 0 Å². The molecule has 1 heterocycles. The highest BCUT2D eigenvalue weighted by Gasteiger charge is 2.07. The average molecular weight is 300 g/mol. The second kappa shape index (κ2) is 7.56. The summed E-state index contributed by atoms with van der Waals surface area (Å²) in [5.41, 5.74) is 2.21. The van der Waals surface area contributed by atoms with Gasteiger partial charge in [-0.2, -0.15) is 0 Å². The van der Waals surface area contributed by atoms with Crippen molar-refractivity contribution in [1.82, 2.24) is 10.3 Å². The lowest BCUT2D eigenvalue weighted by Gasteiger charge is -2.14. The van der Waals surface area contributed by atoms with Crippen molar-refractivity contribution in [3.8, 4) is 5.88 Å². The summed E-state index contributed by atoms with van der Waals surface area (Å²) in [5, 5.41) is 12.4. The van der Waals surface area contributed by atoms with Crippen LogP contribution in [0.4, 0.5) is 0 Å². The van der Waals surface area contributed by atoms with Crippen molar-refractivity contribution in [2.75, 3.05) is 7.11 Å². The number of methoxy groups -OCH3 is 1. The molecule has 0 spiro atoms. The smallest absolute Gasteiger partial charge is 0.335 e. The van der Waals surface area contributed by atoms with Gasteiger partial charge >= 0.3 is 5.97 Å². The summed E-state index contributed by atoms with van der Waals surface area (Å²) in [6, 6.07) is 12.9. The van der Waals surface area contributed by atoms with Gasteiger partial charge in [0.05, 0.1) is 12.7 Å². The van der Waals surface area contributed by atoms with Crippen LogP contribution in [0.3, 0.4) is 0 Å². The number of ether oxygens (including phenoxy) is 1. The second-order valence-electron chi connectivity index (χ2n) is 5.16. The Morgan fingerprint density at radius 2 is 2.09 bits per heavy atom. The number of benzene rings is 1. The molecule has 0 fully saturated rings. The summed E-state index contributed by atoms with van der Waals surface area (Å²) in [6.07, 6.45) is 0.774. The molecule has 0 saturated heterocycles. The van der Waals surface area contributed by atoms with Gasteiger partial charge in [0.25, 0.3) is 0 Å². The molecule has 0 aliphatic heterocycles. The van der Waals surface area contributed by atoms with E-state index >= 15 is 0 Å². The number of hydrogen-bond donors (Lipinski definition) is 2. The van der Waals surface area contributed by atoms with Crippen LogP contribution in [0.25, 0.3) is 0 Å². The first-order valence-electron chi connectivity index (χ1n) is 7.14. The van der Waals surface area contributed by atoms with Crippen LogP contribution in [0.1, 0.15) is 28.5 Å². The fourth-order valence-electron chi connectivity index (χ4n) is 2.18. The Kier molecular flexibility index (Phi) is 5.49. The lowest BCUT2D eigenvalue weighted by Crippen LogP contribution is -2.28. The predicted octanol–water partition coefficient (Wildman–Crippen LogP) is 2.51. The number of carbonyl (C=O) groups is 1. The third-order valence-electron chi connectivity index (χ3n) is 3.33. The maximum Gasteiger partial charge on any atom is 0.335 e. The number of carboxylic acid groups (broad SMARTS) is 1. The van der Waals surface area contributed by atoms with Crippen molar-refractivity contribution in [2.45, 2.75) is 25.9 Å². The molecular formula is C17H20N2O3. The van der Waals surface area contributed by atoms with Gasteiger partial charge in [-0.05, 0) is 30.7 Å². The van der Waals surface area contributed by atoms with E-state index in [9.17, 15) is 4.79 Å². The molecule has 1 unspecified atom stereocenters. The van der Waals surface area contributed by atoms with Crippen molar-refractivity contribution in [3.63, 3.8) is 0 Å². The minimum Gasteiger partial charge on any atom is -0.481 e. The topological polar surface area (TPSA) is 71.5 Å². The number of nitrogens with zero attached hydrogens (tertiary/aromatic N) is 1. The summed E-state index contributed by atoms with van der Waals surface area (Å²) in [6.45, 7) is 2.69. The van der Waals surface area contributed by atoms with Crippen LogP contribution in [-0.4, -0.2) is 29.2 Å². The normalized spacial score (nSPS) is 11.9. The number of hydrogen-bond acceptors (Lipinski definition) is 4. The SMILES string of the molecule is COc1cccc(CC(C)NCc2cccc(C(=O)O)c2)n1. The molecule has 116 valence electrons. The van der Waals surface area contributed by atoms with Gasteiger partial charge in [0, 0.05) is 30.8 Å². The van der Waals surface area contributed by atoms with Gasteiger partial charge in [-0.1, -0.05) is 18.2 Å². The Balaban J connectivity index is 1.90. The van der Waals surface area contributed by atoms with E-state index in [0.29, 0.717) is 18.0 Å². The zero-order valence-electron chi connectivity index (χ0n) is 12.7. The highest BCUT2D eigenvalue weighted by atomic mass is 16.5. The first-order chi connectivity index (χ1) is 10.6. The number of pyridine rings is 1. The van der Waals surface area contributed by atoms with Crippen LogP contribution in [0, 0.1) is 0 Å². The van der Waals surface area contributed by atoms with Gasteiger partial charge in [0.2, 0.25) is 5.88 Å². The lowest BCUT2D eigenvalue weighted by atomic mass is 10.1. The highest BCUT2D eigenvalue weighted by Crippen LogP contribution is 2.09. The molecule has 0 aliphatic carbocycles. The second-order valence-corrected chi connectivity index (χ2v) is 5.16. The van der Waals surface area contributed by atoms with E-state index in [0.717, 1.165) is 17.7 Å². The van der Waals surface area contributed by atoms with Crippen molar-refractivity contribution in [3.05, 3.63) is 59.3 Å². The van der Waals surface area contributed by atoms with Crippen molar-refractivity contribution in [2.24, 2.45) is 0 Å². The minimum atomic E-state index is -0.907. The monoisotopic (exact) mass is 300 g/mol. The van der Waals surface area contributed by atoms with E-state index < -0.39 is 5.97 Å². The molecule has 1 aromatic carbocycles. The van der Waals surface area contributed by atoms with Gasteiger partial charge in [-0.3, -0.25) is 0 Å². The summed E-state index contributed by atoms with van der Waals surface area (Å²) in [4.78, 5) is 15.3. The van der Waals surface area contributed by atoms with Gasteiger partial charge < -0.3 is 15.2 Å². The molecule has 0 saturated carbocycles. The standard InChI is InChI=1S/C17H20N2O3/c1-12(9-15-7-4-8-16(19-15)22-2)18-11-13-5-3-6-14(10-13)17(20)21/h3-8,10,12,18H,9,11H2,1-2H3,(H,20,21). The van der Waals surface area contributed by atoms with Gasteiger partial charge in [-0.25, -0.2) is 9.78 Å². The third-order valence-corrected chi connectivity index (χ3v) is 3.33. The molecule has 1 atom stereocenters. The first kappa shape index (κ1) is 16.0. The molecule has 2 rings (SSSR count). The fourth-order valence-corrected chi connectivity index (χ4v) is 2.18. The van der Waals surface area contributed by atoms with Crippen molar-refractivity contribution in [1.29, 1.82) is 0 Å². The molecule has 0 aliphatic rings. The van der Waals surface area contributed by atoms with Crippen LogP contribution in [-0.2, 0) is 13.0 Å². The van der Waals surface area contributed by atoms with Gasteiger partial charge in [0.15, 0.2) is 0 Å². The molecule has 2 aromatic rings. The summed E-state index contributed by atoms with van der Waals surface area (Å²) < 4.78 is 5.11. The van der Waals surface area contributed by atoms with Crippen LogP contribution >= 0.6 is 0 Å². The molecule has 22 heavy (non-hydrogen) atoms. The maximum atomic E-state index is 11.0. The zero-order chi connectivity index (χ0) is 15.9. The molecule has 2 N–H and O–H groups in total. The summed E-state index contributed by atoms with van der Waals surface area (Å²) in [7, 11) is 1.60. The van der Waals surface area contributed by atoms with E-state index in [1.54, 1.807) is 25.3 Å². The summed E-state index contributed by atoms with van der Waals surface area (Å²) in [5.74, 6) is -0.297. The van der Waals surface area contributed by atoms with Gasteiger partial charge in [0.1, 0.15) is 0 Å². The average Bonchev–Trinajstić information content (AvgIpc) is 2.53. The molecule has 0 amide bonds. The van der Waals surface area contributed by atoms with Gasteiger partial charge in [-0.15, -0.1) is 0 Å². The van der Waals surface area contributed by atoms with E-state index in [1.807, 2.05) is 24.3 Å². The van der Waals surface area contributed by atoms with E-state index in [2.05, 4.69) is 17.2 Å². The number of carboxylic acids is 1. The van der Waals surface area contributed by atoms with E-state index in [1.165, 1.54) is 0 Å². The Hall–Kier alpha value is -2.40. The first-order valence-corrected chi connectivity index (χ1v) is 7.14. The van der Waals surface area contributed by atoms with Crippen LogP contribution < -0.4 is 10.1 Å². The molecular weight excluding hydrogens is 280 g/mol. The quantitative estimate of drug-likeness (QED) is 0.822. The van der Waals surface area contributed by atoms with Crippen molar-refractivity contribution < 1.29 is 14.6 Å². The third kappa shape index (κ3) is 4.56. The lowest BCUT2D eigenvalue weighted by molar-refractivity contribution is 0.0696. The zero-order valence-corrected chi connectivity index (χ0v) is 12.7. The van der Waals surface area contributed by atoms with E-state index in [4.69, 9.17) is 9.84 Å². The number of nitrogens with one attached hydrogen (secondary N) is 1. The molecule has 1 aromatic heterocycles. The maximum absolute atomic E-state index is 11.0. The van der Waals surface area contributed by atoms with Crippen LogP contribution in [0.15, 0.2) is 42.5 Å². The molecule has 0 radical (unpaired) electrons. The Morgan fingerprint density at radius 1 is 1.32 bits per heavy atom. The fraction of sp³-hybridized carbons (Fsp3) is 0.294. The Labute approximate surface area is 130 Å². The van der Waals surface area contributed by atoms with Crippen LogP contribution in [0.5, 0.6) is 5.88 Å². The number of aromatic nitrogens is 1. The molecule has 5 heteroatoms. The Morgan fingerprint density at radius 3 is 2.82 bits per heavy atom. The minimum absolute atomic E-state index is 0.216. The summed E-state index contributed by atoms with van der Waals surface area (Å²) >= 11 is 0. The van der Waals surface area contributed by atoms with Crippen molar-refractivity contribution >= 4 is 5.97 Å². The predicted molar refractivity (Wildman–Crippen MR) is 84.2 cm³/mol. The molecule has 0 bridgehead atoms. The number of rotatable bonds is 7.